The fourth-order valence-corrected chi connectivity index (χ4v) is 2.01. The minimum absolute atomic E-state index is 0.220. The van der Waals surface area contributed by atoms with Gasteiger partial charge in [0.2, 0.25) is 5.60 Å². The van der Waals surface area contributed by atoms with Crippen LogP contribution in [0.1, 0.15) is 22.3 Å². The summed E-state index contributed by atoms with van der Waals surface area (Å²) in [7, 11) is 0. The third-order valence-corrected chi connectivity index (χ3v) is 3.60. The van der Waals surface area contributed by atoms with Gasteiger partial charge in [0.15, 0.2) is 6.10 Å². The molecule has 2 aromatic rings. The number of pyridine rings is 1. The van der Waals surface area contributed by atoms with Gasteiger partial charge in [-0.15, -0.1) is 0 Å². The fraction of sp³-hybridized carbons (Fsp3) is 0.211. The number of carbonyl (C=O) groups excluding carboxylic acids is 1. The molecule has 0 spiro atoms. The Morgan fingerprint density at radius 3 is 2.07 bits per heavy atom. The van der Waals surface area contributed by atoms with Crippen molar-refractivity contribution in [3.05, 3.63) is 66.0 Å². The molecule has 1 heterocycles. The molecule has 2 rings (SSSR count). The first kappa shape index (κ1) is 24.2. The quantitative estimate of drug-likeness (QED) is 0.365. The number of esters is 1. The molecule has 30 heavy (non-hydrogen) atoms. The minimum atomic E-state index is -3.15. The molecule has 2 unspecified atom stereocenters. The number of hydrogen-bond donors (Lipinski definition) is 5. The number of benzene rings is 1. The predicted molar refractivity (Wildman–Crippen MR) is 98.3 cm³/mol. The van der Waals surface area contributed by atoms with E-state index in [9.17, 15) is 29.4 Å². The third kappa shape index (κ3) is 7.30. The molecule has 0 aliphatic carbocycles. The van der Waals surface area contributed by atoms with Crippen LogP contribution in [0.15, 0.2) is 54.9 Å². The maximum Gasteiger partial charge on any atom is 0.339 e. The van der Waals surface area contributed by atoms with E-state index >= 15 is 0 Å². The van der Waals surface area contributed by atoms with Crippen molar-refractivity contribution < 1.29 is 49.4 Å². The van der Waals surface area contributed by atoms with Crippen LogP contribution in [0.25, 0.3) is 0 Å². The summed E-state index contributed by atoms with van der Waals surface area (Å²) < 4.78 is 4.66. The highest BCUT2D eigenvalue weighted by Gasteiger charge is 2.50. The molecule has 0 saturated carbocycles. The fourth-order valence-electron chi connectivity index (χ4n) is 2.01. The van der Waals surface area contributed by atoms with Crippen molar-refractivity contribution in [1.29, 1.82) is 0 Å². The van der Waals surface area contributed by atoms with Gasteiger partial charge in [-0.1, -0.05) is 30.3 Å². The number of rotatable bonds is 8. The molecule has 0 saturated heterocycles. The van der Waals surface area contributed by atoms with Crippen LogP contribution in [0.5, 0.6) is 0 Å². The summed E-state index contributed by atoms with van der Waals surface area (Å²) in [6.45, 7) is -0.250. The molecule has 0 amide bonds. The number of aromatic nitrogens is 1. The van der Waals surface area contributed by atoms with Crippen molar-refractivity contribution in [3.8, 4) is 0 Å². The molecule has 11 nitrogen and oxygen atoms in total. The maximum absolute atomic E-state index is 11.6. The van der Waals surface area contributed by atoms with Gasteiger partial charge in [-0.25, -0.2) is 14.4 Å². The Morgan fingerprint density at radius 1 is 1.00 bits per heavy atom. The van der Waals surface area contributed by atoms with Crippen LogP contribution in [0, 0.1) is 0 Å². The van der Waals surface area contributed by atoms with Crippen molar-refractivity contribution in [2.24, 2.45) is 0 Å². The average Bonchev–Trinajstić information content (AvgIpc) is 2.72. The van der Waals surface area contributed by atoms with Gasteiger partial charge in [0.25, 0.3) is 0 Å². The molecular weight excluding hydrogens is 402 g/mol. The number of nitrogens with zero attached hydrogens (tertiary/aromatic N) is 1. The van der Waals surface area contributed by atoms with Gasteiger partial charge in [0.05, 0.1) is 12.0 Å². The van der Waals surface area contributed by atoms with E-state index < -0.39 is 42.0 Å². The van der Waals surface area contributed by atoms with Crippen LogP contribution in [-0.4, -0.2) is 66.1 Å². The van der Waals surface area contributed by atoms with Crippen molar-refractivity contribution in [1.82, 2.24) is 4.98 Å². The zero-order valence-corrected chi connectivity index (χ0v) is 15.4. The van der Waals surface area contributed by atoms with E-state index in [4.69, 9.17) is 15.3 Å². The SMILES string of the molecule is O=C(O)CC(O)(C(=O)O)C(O)C(=O)OCc1ccccc1.O=C(O)c1cccnc1. The van der Waals surface area contributed by atoms with E-state index in [0.717, 1.165) is 0 Å². The molecule has 0 bridgehead atoms. The smallest absolute Gasteiger partial charge is 0.339 e. The molecule has 2 atom stereocenters. The molecule has 160 valence electrons. The minimum Gasteiger partial charge on any atom is -0.481 e. The third-order valence-electron chi connectivity index (χ3n) is 3.60. The number of aliphatic hydroxyl groups is 2. The summed E-state index contributed by atoms with van der Waals surface area (Å²) in [6.07, 6.45) is -1.02. The van der Waals surface area contributed by atoms with Crippen LogP contribution < -0.4 is 0 Å². The largest absolute Gasteiger partial charge is 0.481 e. The van der Waals surface area contributed by atoms with E-state index in [1.54, 1.807) is 36.4 Å². The Balaban J connectivity index is 0.000000414. The Kier molecular flexibility index (Phi) is 9.07. The molecular formula is C19H19NO10. The molecule has 0 fully saturated rings. The molecule has 0 radical (unpaired) electrons. The molecule has 0 aliphatic rings. The van der Waals surface area contributed by atoms with Crippen molar-refractivity contribution in [2.45, 2.75) is 24.7 Å². The van der Waals surface area contributed by atoms with Gasteiger partial charge in [-0.2, -0.15) is 0 Å². The van der Waals surface area contributed by atoms with Crippen LogP contribution in [0.3, 0.4) is 0 Å². The Bertz CT molecular complexity index is 871. The zero-order chi connectivity index (χ0) is 22.7. The van der Waals surface area contributed by atoms with Crippen molar-refractivity contribution >= 4 is 23.9 Å². The number of aliphatic hydroxyl groups excluding tert-OH is 1. The number of carboxylic acids is 3. The predicted octanol–water partition coefficient (Wildman–Crippen LogP) is 0.161. The lowest BCUT2D eigenvalue weighted by atomic mass is 9.93. The van der Waals surface area contributed by atoms with Crippen LogP contribution >= 0.6 is 0 Å². The summed E-state index contributed by atoms with van der Waals surface area (Å²) in [4.78, 5) is 46.8. The maximum atomic E-state index is 11.6. The van der Waals surface area contributed by atoms with Crippen molar-refractivity contribution in [3.63, 3.8) is 0 Å². The Morgan fingerprint density at radius 2 is 1.63 bits per heavy atom. The number of aromatic carboxylic acids is 1. The van der Waals surface area contributed by atoms with Gasteiger partial charge in [0.1, 0.15) is 6.61 Å². The standard InChI is InChI=1S/C13H14O8.C6H5NO2/c14-9(15)6-13(20,12(18)19)10(16)11(17)21-7-8-4-2-1-3-5-8;8-6(9)5-2-1-3-7-4-5/h1-5,10,16,20H,6-7H2,(H,14,15)(H,18,19);1-4H,(H,8,9). The second-order valence-corrected chi connectivity index (χ2v) is 5.84. The van der Waals surface area contributed by atoms with Crippen LogP contribution in [0.4, 0.5) is 0 Å². The van der Waals surface area contributed by atoms with Gasteiger partial charge in [-0.05, 0) is 17.7 Å². The number of ether oxygens (including phenoxy) is 1. The van der Waals surface area contributed by atoms with E-state index in [0.29, 0.717) is 5.56 Å². The second kappa shape index (κ2) is 11.2. The topological polar surface area (TPSA) is 192 Å². The van der Waals surface area contributed by atoms with E-state index in [1.165, 1.54) is 18.5 Å². The lowest BCUT2D eigenvalue weighted by molar-refractivity contribution is -0.190. The number of aliphatic carboxylic acids is 2. The van der Waals surface area contributed by atoms with Gasteiger partial charge in [-0.3, -0.25) is 9.78 Å². The molecule has 11 heteroatoms. The summed E-state index contributed by atoms with van der Waals surface area (Å²) in [5.74, 6) is -6.09. The van der Waals surface area contributed by atoms with Gasteiger partial charge < -0.3 is 30.3 Å². The highest BCUT2D eigenvalue weighted by atomic mass is 16.6. The molecule has 0 aliphatic heterocycles. The number of carboxylic acid groups (broad SMARTS) is 3. The molecule has 5 N–H and O–H groups in total. The monoisotopic (exact) mass is 421 g/mol. The lowest BCUT2D eigenvalue weighted by Gasteiger charge is -2.25. The normalized spacial score (nSPS) is 13.0. The first-order valence-electron chi connectivity index (χ1n) is 8.27. The highest BCUT2D eigenvalue weighted by Crippen LogP contribution is 2.18. The van der Waals surface area contributed by atoms with Crippen molar-refractivity contribution in [2.75, 3.05) is 0 Å². The molecule has 1 aromatic carbocycles. The van der Waals surface area contributed by atoms with Crippen LogP contribution in [-0.2, 0) is 25.7 Å². The van der Waals surface area contributed by atoms with Gasteiger partial charge in [0, 0.05) is 12.4 Å². The molecule has 1 aromatic heterocycles. The summed E-state index contributed by atoms with van der Waals surface area (Å²) >= 11 is 0. The Labute approximate surface area is 169 Å². The van der Waals surface area contributed by atoms with E-state index in [-0.39, 0.29) is 12.2 Å². The summed E-state index contributed by atoms with van der Waals surface area (Å²) in [6, 6.07) is 11.4. The summed E-state index contributed by atoms with van der Waals surface area (Å²) in [5, 5.41) is 44.9. The highest BCUT2D eigenvalue weighted by molar-refractivity contribution is 5.91. The zero-order valence-electron chi connectivity index (χ0n) is 15.4. The second-order valence-electron chi connectivity index (χ2n) is 5.84. The van der Waals surface area contributed by atoms with Crippen LogP contribution in [0.2, 0.25) is 0 Å². The number of carbonyl (C=O) groups is 4. The Hall–Kier alpha value is -3.83. The van der Waals surface area contributed by atoms with E-state index in [1.807, 2.05) is 0 Å². The average molecular weight is 421 g/mol. The first-order valence-corrected chi connectivity index (χ1v) is 8.27. The summed E-state index contributed by atoms with van der Waals surface area (Å²) in [5.41, 5.74) is -2.35. The lowest BCUT2D eigenvalue weighted by Crippen LogP contribution is -2.54. The van der Waals surface area contributed by atoms with E-state index in [2.05, 4.69) is 9.72 Å². The first-order chi connectivity index (χ1) is 14.1. The number of hydrogen-bond acceptors (Lipinski definition) is 8. The van der Waals surface area contributed by atoms with Gasteiger partial charge >= 0.3 is 23.9 Å².